The lowest BCUT2D eigenvalue weighted by molar-refractivity contribution is 0.637. The van der Waals surface area contributed by atoms with Crippen molar-refractivity contribution >= 4 is 38.6 Å². The van der Waals surface area contributed by atoms with Crippen LogP contribution in [0.25, 0.3) is 0 Å². The zero-order valence-electron chi connectivity index (χ0n) is 10.2. The number of hydrogen-bond donors (Lipinski definition) is 1. The van der Waals surface area contributed by atoms with Gasteiger partial charge in [-0.2, -0.15) is 11.3 Å². The number of hydrogen-bond acceptors (Lipinski definition) is 3. The summed E-state index contributed by atoms with van der Waals surface area (Å²) in [6, 6.07) is 2.52. The molecule has 0 radical (unpaired) electrons. The highest BCUT2D eigenvalue weighted by molar-refractivity contribution is 9.10. The molecule has 2 aromatic heterocycles. The van der Waals surface area contributed by atoms with Gasteiger partial charge in [-0.25, -0.2) is 0 Å². The quantitative estimate of drug-likeness (QED) is 0.842. The maximum Gasteiger partial charge on any atom is 0.0693 e. The minimum atomic E-state index is 0.319. The van der Waals surface area contributed by atoms with Gasteiger partial charge in [0, 0.05) is 14.2 Å². The van der Waals surface area contributed by atoms with Gasteiger partial charge >= 0.3 is 0 Å². The third kappa shape index (κ3) is 2.81. The summed E-state index contributed by atoms with van der Waals surface area (Å²) in [6.07, 6.45) is 0. The topological polar surface area (TPSA) is 12.0 Å². The van der Waals surface area contributed by atoms with Crippen LogP contribution in [0.15, 0.2) is 21.3 Å². The number of thiophene rings is 2. The number of aryl methyl sites for hydroxylation is 2. The Morgan fingerprint density at radius 1 is 1.35 bits per heavy atom. The molecule has 0 saturated carbocycles. The van der Waals surface area contributed by atoms with Crippen LogP contribution < -0.4 is 5.32 Å². The van der Waals surface area contributed by atoms with Gasteiger partial charge in [-0.15, -0.1) is 11.3 Å². The van der Waals surface area contributed by atoms with Gasteiger partial charge in [0.1, 0.15) is 0 Å². The average molecular weight is 330 g/mol. The van der Waals surface area contributed by atoms with Gasteiger partial charge < -0.3 is 5.32 Å². The number of nitrogens with one attached hydrogen (secondary N) is 1. The van der Waals surface area contributed by atoms with E-state index >= 15 is 0 Å². The molecule has 4 heteroatoms. The highest BCUT2D eigenvalue weighted by Crippen LogP contribution is 2.37. The lowest BCUT2D eigenvalue weighted by Crippen LogP contribution is -2.21. The van der Waals surface area contributed by atoms with Crippen molar-refractivity contribution in [3.63, 3.8) is 0 Å². The van der Waals surface area contributed by atoms with E-state index in [9.17, 15) is 0 Å². The Bertz CT molecular complexity index is 501. The summed E-state index contributed by atoms with van der Waals surface area (Å²) in [5.41, 5.74) is 2.78. The maximum absolute atomic E-state index is 3.67. The van der Waals surface area contributed by atoms with Crippen LogP contribution >= 0.6 is 38.6 Å². The lowest BCUT2D eigenvalue weighted by Gasteiger charge is -2.17. The van der Waals surface area contributed by atoms with Crippen LogP contribution in [0.2, 0.25) is 0 Å². The Balaban J connectivity index is 2.42. The van der Waals surface area contributed by atoms with Gasteiger partial charge in [-0.05, 0) is 64.3 Å². The summed E-state index contributed by atoms with van der Waals surface area (Å²) in [4.78, 5) is 2.73. The van der Waals surface area contributed by atoms with Crippen LogP contribution in [-0.2, 0) is 0 Å². The summed E-state index contributed by atoms with van der Waals surface area (Å²) in [5, 5.41) is 8.05. The van der Waals surface area contributed by atoms with Crippen molar-refractivity contribution in [2.24, 2.45) is 0 Å². The Morgan fingerprint density at radius 3 is 2.59 bits per heavy atom. The Morgan fingerprint density at radius 2 is 2.12 bits per heavy atom. The molecule has 0 bridgehead atoms. The minimum absolute atomic E-state index is 0.319. The highest BCUT2D eigenvalue weighted by Gasteiger charge is 2.20. The van der Waals surface area contributed by atoms with Crippen LogP contribution in [0.5, 0.6) is 0 Å². The van der Waals surface area contributed by atoms with Crippen LogP contribution in [0, 0.1) is 13.8 Å². The Kier molecular flexibility index (Phi) is 4.42. The molecule has 0 fully saturated rings. The SMILES string of the molecule is CCNC(c1cscc1C)c1sc(C)cc1Br. The molecule has 17 heavy (non-hydrogen) atoms. The average Bonchev–Trinajstić information content (AvgIpc) is 2.82. The van der Waals surface area contributed by atoms with E-state index in [1.165, 1.54) is 25.4 Å². The van der Waals surface area contributed by atoms with E-state index in [0.717, 1.165) is 6.54 Å². The number of halogens is 1. The lowest BCUT2D eigenvalue weighted by atomic mass is 10.1. The Hall–Kier alpha value is -0.160. The fourth-order valence-corrected chi connectivity index (χ4v) is 4.76. The second kappa shape index (κ2) is 5.65. The van der Waals surface area contributed by atoms with Gasteiger partial charge in [0.25, 0.3) is 0 Å². The molecule has 0 aliphatic heterocycles. The standard InChI is InChI=1S/C13H16BrNS2/c1-4-15-12(10-7-16-6-8(10)2)13-11(14)5-9(3)17-13/h5-7,12,15H,4H2,1-3H3. The fraction of sp³-hybridized carbons (Fsp3) is 0.385. The molecule has 1 nitrogen and oxygen atoms in total. The van der Waals surface area contributed by atoms with Crippen LogP contribution in [0.1, 0.15) is 33.8 Å². The second-order valence-corrected chi connectivity index (χ2v) is 6.96. The minimum Gasteiger partial charge on any atom is -0.306 e. The number of rotatable bonds is 4. The normalized spacial score (nSPS) is 12.9. The molecule has 2 aromatic rings. The maximum atomic E-state index is 3.67. The van der Waals surface area contributed by atoms with Crippen LogP contribution in [0.3, 0.4) is 0 Å². The summed E-state index contributed by atoms with van der Waals surface area (Å²) in [6.45, 7) is 7.47. The first kappa shape index (κ1) is 13.3. The van der Waals surface area contributed by atoms with Crippen molar-refractivity contribution in [3.05, 3.63) is 42.2 Å². The predicted octanol–water partition coefficient (Wildman–Crippen LogP) is 4.89. The molecular weight excluding hydrogens is 314 g/mol. The van der Waals surface area contributed by atoms with Crippen molar-refractivity contribution in [2.75, 3.05) is 6.54 Å². The molecule has 0 aromatic carbocycles. The van der Waals surface area contributed by atoms with Crippen molar-refractivity contribution in [1.82, 2.24) is 5.32 Å². The molecule has 0 amide bonds. The highest BCUT2D eigenvalue weighted by atomic mass is 79.9. The van der Waals surface area contributed by atoms with E-state index in [1.54, 1.807) is 11.3 Å². The Labute approximate surface area is 119 Å². The first-order valence-corrected chi connectivity index (χ1v) is 8.20. The van der Waals surface area contributed by atoms with Gasteiger partial charge in [0.15, 0.2) is 0 Å². The van der Waals surface area contributed by atoms with Gasteiger partial charge in [0.2, 0.25) is 0 Å². The van der Waals surface area contributed by atoms with Crippen molar-refractivity contribution < 1.29 is 0 Å². The molecule has 0 aliphatic rings. The molecule has 0 saturated heterocycles. The fourth-order valence-electron chi connectivity index (χ4n) is 1.91. The molecule has 1 unspecified atom stereocenters. The van der Waals surface area contributed by atoms with E-state index in [0.29, 0.717) is 6.04 Å². The summed E-state index contributed by atoms with van der Waals surface area (Å²) < 4.78 is 1.22. The van der Waals surface area contributed by atoms with E-state index in [-0.39, 0.29) is 0 Å². The van der Waals surface area contributed by atoms with Gasteiger partial charge in [-0.1, -0.05) is 6.92 Å². The molecule has 0 aliphatic carbocycles. The van der Waals surface area contributed by atoms with Crippen LogP contribution in [0.4, 0.5) is 0 Å². The molecule has 1 atom stereocenters. The molecule has 92 valence electrons. The summed E-state index contributed by atoms with van der Waals surface area (Å²) in [5.74, 6) is 0. The second-order valence-electron chi connectivity index (χ2n) is 4.07. The van der Waals surface area contributed by atoms with Crippen molar-refractivity contribution in [3.8, 4) is 0 Å². The van der Waals surface area contributed by atoms with E-state index < -0.39 is 0 Å². The smallest absolute Gasteiger partial charge is 0.0693 e. The third-order valence-corrected chi connectivity index (χ3v) is 5.63. The van der Waals surface area contributed by atoms with E-state index in [1.807, 2.05) is 11.3 Å². The van der Waals surface area contributed by atoms with E-state index in [4.69, 9.17) is 0 Å². The van der Waals surface area contributed by atoms with Crippen molar-refractivity contribution in [2.45, 2.75) is 26.8 Å². The predicted molar refractivity (Wildman–Crippen MR) is 81.3 cm³/mol. The summed E-state index contributed by atoms with van der Waals surface area (Å²) in [7, 11) is 0. The molecule has 1 N–H and O–H groups in total. The van der Waals surface area contributed by atoms with Gasteiger partial charge in [-0.3, -0.25) is 0 Å². The molecule has 0 spiro atoms. The monoisotopic (exact) mass is 329 g/mol. The third-order valence-electron chi connectivity index (χ3n) is 2.71. The van der Waals surface area contributed by atoms with E-state index in [2.05, 4.69) is 58.8 Å². The van der Waals surface area contributed by atoms with Crippen molar-refractivity contribution in [1.29, 1.82) is 0 Å². The zero-order valence-corrected chi connectivity index (χ0v) is 13.4. The first-order chi connectivity index (χ1) is 8.13. The molecule has 2 heterocycles. The largest absolute Gasteiger partial charge is 0.306 e. The first-order valence-electron chi connectivity index (χ1n) is 5.65. The molecular formula is C13H16BrNS2. The van der Waals surface area contributed by atoms with Gasteiger partial charge in [0.05, 0.1) is 6.04 Å². The summed E-state index contributed by atoms with van der Waals surface area (Å²) >= 11 is 7.31. The molecule has 2 rings (SSSR count). The zero-order chi connectivity index (χ0) is 12.4. The van der Waals surface area contributed by atoms with Crippen LogP contribution in [-0.4, -0.2) is 6.54 Å².